The Labute approximate surface area is 113 Å². The summed E-state index contributed by atoms with van der Waals surface area (Å²) in [5.74, 6) is -0.217. The average molecular weight is 258 g/mol. The fourth-order valence-corrected chi connectivity index (χ4v) is 2.30. The summed E-state index contributed by atoms with van der Waals surface area (Å²) >= 11 is 0. The van der Waals surface area contributed by atoms with Crippen molar-refractivity contribution in [2.45, 2.75) is 26.8 Å². The van der Waals surface area contributed by atoms with Gasteiger partial charge in [-0.1, -0.05) is 13.0 Å². The van der Waals surface area contributed by atoms with Gasteiger partial charge in [-0.3, -0.25) is 4.98 Å². The van der Waals surface area contributed by atoms with E-state index in [2.05, 4.69) is 24.1 Å². The molecule has 0 aliphatic heterocycles. The van der Waals surface area contributed by atoms with Gasteiger partial charge in [-0.15, -0.1) is 0 Å². The zero-order valence-electron chi connectivity index (χ0n) is 11.6. The molecule has 1 heterocycles. The minimum Gasteiger partial charge on any atom is -0.310 e. The molecule has 1 aromatic heterocycles. The Bertz CT molecular complexity index is 566. The van der Waals surface area contributed by atoms with Gasteiger partial charge in [0.2, 0.25) is 0 Å². The minimum atomic E-state index is -0.217. The summed E-state index contributed by atoms with van der Waals surface area (Å²) in [4.78, 5) is 4.16. The maximum absolute atomic E-state index is 13.6. The molecule has 0 saturated heterocycles. The minimum absolute atomic E-state index is 0.181. The fourth-order valence-electron chi connectivity index (χ4n) is 2.30. The molecule has 1 aromatic carbocycles. The highest BCUT2D eigenvalue weighted by Crippen LogP contribution is 2.30. The third-order valence-corrected chi connectivity index (χ3v) is 3.32. The van der Waals surface area contributed by atoms with E-state index >= 15 is 0 Å². The van der Waals surface area contributed by atoms with Crippen LogP contribution >= 0.6 is 0 Å². The predicted molar refractivity (Wildman–Crippen MR) is 76.5 cm³/mol. The van der Waals surface area contributed by atoms with Crippen LogP contribution in [0.4, 0.5) is 4.39 Å². The maximum atomic E-state index is 13.6. The van der Waals surface area contributed by atoms with Crippen LogP contribution in [0.3, 0.4) is 0 Å². The van der Waals surface area contributed by atoms with Gasteiger partial charge >= 0.3 is 0 Å². The van der Waals surface area contributed by atoms with E-state index in [1.807, 2.05) is 19.1 Å². The van der Waals surface area contributed by atoms with Crippen LogP contribution in [0.25, 0.3) is 11.1 Å². The van der Waals surface area contributed by atoms with E-state index in [0.717, 1.165) is 28.8 Å². The molecule has 0 aliphatic carbocycles. The third-order valence-electron chi connectivity index (χ3n) is 3.32. The Morgan fingerprint density at radius 1 is 1.26 bits per heavy atom. The van der Waals surface area contributed by atoms with Crippen LogP contribution in [-0.2, 0) is 0 Å². The van der Waals surface area contributed by atoms with E-state index in [1.165, 1.54) is 6.07 Å². The SMILES string of the molecule is CCNC(C)c1ccc(F)cc1-c1cnccc1C. The van der Waals surface area contributed by atoms with Crippen molar-refractivity contribution in [3.8, 4) is 11.1 Å². The smallest absolute Gasteiger partial charge is 0.123 e. The number of aryl methyl sites for hydroxylation is 1. The summed E-state index contributed by atoms with van der Waals surface area (Å²) < 4.78 is 13.6. The molecule has 0 bridgehead atoms. The van der Waals surface area contributed by atoms with Crippen LogP contribution in [0.2, 0.25) is 0 Å². The van der Waals surface area contributed by atoms with E-state index in [-0.39, 0.29) is 11.9 Å². The second-order valence-electron chi connectivity index (χ2n) is 4.70. The van der Waals surface area contributed by atoms with E-state index in [4.69, 9.17) is 0 Å². The maximum Gasteiger partial charge on any atom is 0.123 e. The Hall–Kier alpha value is -1.74. The predicted octanol–water partition coefficient (Wildman–Crippen LogP) is 3.87. The van der Waals surface area contributed by atoms with Crippen LogP contribution in [0.1, 0.15) is 31.0 Å². The molecule has 0 aliphatic rings. The molecule has 0 spiro atoms. The molecule has 0 fully saturated rings. The molecule has 1 atom stereocenters. The highest BCUT2D eigenvalue weighted by Gasteiger charge is 2.13. The summed E-state index contributed by atoms with van der Waals surface area (Å²) in [5, 5.41) is 3.37. The number of aromatic nitrogens is 1. The van der Waals surface area contributed by atoms with E-state index in [1.54, 1.807) is 18.5 Å². The number of pyridine rings is 1. The van der Waals surface area contributed by atoms with E-state index in [9.17, 15) is 4.39 Å². The fraction of sp³-hybridized carbons (Fsp3) is 0.312. The first-order chi connectivity index (χ1) is 9.13. The van der Waals surface area contributed by atoms with Crippen molar-refractivity contribution >= 4 is 0 Å². The first-order valence-electron chi connectivity index (χ1n) is 6.57. The lowest BCUT2D eigenvalue weighted by molar-refractivity contribution is 0.593. The van der Waals surface area contributed by atoms with Gasteiger partial charge in [0.05, 0.1) is 0 Å². The van der Waals surface area contributed by atoms with Crippen LogP contribution < -0.4 is 5.32 Å². The summed E-state index contributed by atoms with van der Waals surface area (Å²) in [7, 11) is 0. The Kier molecular flexibility index (Phi) is 4.27. The standard InChI is InChI=1S/C16H19FN2/c1-4-19-12(3)14-6-5-13(17)9-15(14)16-10-18-8-7-11(16)2/h5-10,12,19H,4H2,1-3H3. The molecule has 3 heteroatoms. The number of halogens is 1. The second-order valence-corrected chi connectivity index (χ2v) is 4.70. The summed E-state index contributed by atoms with van der Waals surface area (Å²) in [6, 6.07) is 7.08. The summed E-state index contributed by atoms with van der Waals surface area (Å²) in [5.41, 5.74) is 4.10. The van der Waals surface area contributed by atoms with Crippen molar-refractivity contribution in [1.29, 1.82) is 0 Å². The Balaban J connectivity index is 2.55. The zero-order chi connectivity index (χ0) is 13.8. The highest BCUT2D eigenvalue weighted by molar-refractivity contribution is 5.70. The van der Waals surface area contributed by atoms with Gasteiger partial charge in [-0.05, 0) is 55.3 Å². The monoisotopic (exact) mass is 258 g/mol. The van der Waals surface area contributed by atoms with Crippen molar-refractivity contribution in [2.24, 2.45) is 0 Å². The molecule has 2 aromatic rings. The molecular formula is C16H19FN2. The molecular weight excluding hydrogens is 239 g/mol. The first-order valence-corrected chi connectivity index (χ1v) is 6.57. The topological polar surface area (TPSA) is 24.9 Å². The highest BCUT2D eigenvalue weighted by atomic mass is 19.1. The molecule has 0 saturated carbocycles. The van der Waals surface area contributed by atoms with Crippen LogP contribution in [0.5, 0.6) is 0 Å². The first kappa shape index (κ1) is 13.7. The lowest BCUT2D eigenvalue weighted by Crippen LogP contribution is -2.18. The van der Waals surface area contributed by atoms with E-state index in [0.29, 0.717) is 0 Å². The van der Waals surface area contributed by atoms with Crippen LogP contribution in [0, 0.1) is 12.7 Å². The van der Waals surface area contributed by atoms with Gasteiger partial charge in [0.25, 0.3) is 0 Å². The van der Waals surface area contributed by atoms with Crippen molar-refractivity contribution < 1.29 is 4.39 Å². The van der Waals surface area contributed by atoms with Crippen LogP contribution in [-0.4, -0.2) is 11.5 Å². The average Bonchev–Trinajstić information content (AvgIpc) is 2.39. The summed E-state index contributed by atoms with van der Waals surface area (Å²) in [6.45, 7) is 7.05. The molecule has 2 nitrogen and oxygen atoms in total. The zero-order valence-corrected chi connectivity index (χ0v) is 11.6. The number of hydrogen-bond acceptors (Lipinski definition) is 2. The van der Waals surface area contributed by atoms with Gasteiger partial charge in [0.1, 0.15) is 5.82 Å². The van der Waals surface area contributed by atoms with Crippen molar-refractivity contribution in [1.82, 2.24) is 10.3 Å². The number of rotatable bonds is 4. The lowest BCUT2D eigenvalue weighted by atomic mass is 9.94. The molecule has 1 N–H and O–H groups in total. The Morgan fingerprint density at radius 3 is 2.74 bits per heavy atom. The number of nitrogens with one attached hydrogen (secondary N) is 1. The number of benzene rings is 1. The van der Waals surface area contributed by atoms with Gasteiger partial charge in [0.15, 0.2) is 0 Å². The quantitative estimate of drug-likeness (QED) is 0.900. The molecule has 0 amide bonds. The Morgan fingerprint density at radius 2 is 2.05 bits per heavy atom. The van der Waals surface area contributed by atoms with Crippen LogP contribution in [0.15, 0.2) is 36.7 Å². The third kappa shape index (κ3) is 2.99. The normalized spacial score (nSPS) is 12.4. The van der Waals surface area contributed by atoms with Gasteiger partial charge in [-0.25, -0.2) is 4.39 Å². The lowest BCUT2D eigenvalue weighted by Gasteiger charge is -2.18. The number of nitrogens with zero attached hydrogens (tertiary/aromatic N) is 1. The number of hydrogen-bond donors (Lipinski definition) is 1. The van der Waals surface area contributed by atoms with E-state index < -0.39 is 0 Å². The molecule has 2 rings (SSSR count). The van der Waals surface area contributed by atoms with Gasteiger partial charge < -0.3 is 5.32 Å². The largest absolute Gasteiger partial charge is 0.310 e. The van der Waals surface area contributed by atoms with Gasteiger partial charge in [0, 0.05) is 24.0 Å². The summed E-state index contributed by atoms with van der Waals surface area (Å²) in [6.07, 6.45) is 3.55. The van der Waals surface area contributed by atoms with Gasteiger partial charge in [-0.2, -0.15) is 0 Å². The molecule has 100 valence electrons. The van der Waals surface area contributed by atoms with Crippen molar-refractivity contribution in [3.05, 3.63) is 53.6 Å². The van der Waals surface area contributed by atoms with Crippen molar-refractivity contribution in [2.75, 3.05) is 6.54 Å². The molecule has 1 unspecified atom stereocenters. The molecule has 19 heavy (non-hydrogen) atoms. The second kappa shape index (κ2) is 5.93. The molecule has 0 radical (unpaired) electrons. The van der Waals surface area contributed by atoms with Crippen molar-refractivity contribution in [3.63, 3.8) is 0 Å².